The van der Waals surface area contributed by atoms with Crippen LogP contribution in [0, 0.1) is 5.92 Å². The Hall–Kier alpha value is -0.630. The average molecular weight is 180 g/mol. The van der Waals surface area contributed by atoms with Gasteiger partial charge >= 0.3 is 0 Å². The number of ketones is 1. The summed E-state index contributed by atoms with van der Waals surface area (Å²) in [4.78, 5) is 11.6. The van der Waals surface area contributed by atoms with Crippen molar-refractivity contribution in [3.63, 3.8) is 0 Å². The second kappa shape index (κ2) is 2.95. The second-order valence-electron chi connectivity index (χ2n) is 4.30. The molecule has 2 nitrogen and oxygen atoms in total. The Bertz CT molecular complexity index is 267. The first kappa shape index (κ1) is 8.95. The molecule has 0 unspecified atom stereocenters. The van der Waals surface area contributed by atoms with Crippen molar-refractivity contribution in [3.8, 4) is 0 Å². The molecule has 1 fully saturated rings. The third-order valence-corrected chi connectivity index (χ3v) is 3.50. The van der Waals surface area contributed by atoms with E-state index in [0.717, 1.165) is 25.7 Å². The van der Waals surface area contributed by atoms with Crippen molar-refractivity contribution >= 4 is 5.78 Å². The summed E-state index contributed by atoms with van der Waals surface area (Å²) >= 11 is 0. The summed E-state index contributed by atoms with van der Waals surface area (Å²) in [6.07, 6.45) is 6.07. The summed E-state index contributed by atoms with van der Waals surface area (Å²) in [6, 6.07) is 0. The Kier molecular flexibility index (Phi) is 2.03. The largest absolute Gasteiger partial charge is 0.385 e. The standard InChI is InChI=1S/C11H16O2/c1-8-4-2-6-10(12)9-5-3-7-11(8,9)13/h5,8,13H,2-4,6-7H2,1H3/t8-,11-/m0/s1. The molecule has 1 N–H and O–H groups in total. The van der Waals surface area contributed by atoms with Crippen LogP contribution in [0.15, 0.2) is 11.6 Å². The number of rotatable bonds is 0. The summed E-state index contributed by atoms with van der Waals surface area (Å²) in [6.45, 7) is 2.05. The summed E-state index contributed by atoms with van der Waals surface area (Å²) < 4.78 is 0. The molecule has 0 bridgehead atoms. The van der Waals surface area contributed by atoms with Gasteiger partial charge in [-0.1, -0.05) is 13.0 Å². The second-order valence-corrected chi connectivity index (χ2v) is 4.30. The van der Waals surface area contributed by atoms with E-state index in [1.54, 1.807) is 0 Å². The summed E-state index contributed by atoms with van der Waals surface area (Å²) in [5.74, 6) is 0.414. The normalized spacial score (nSPS) is 39.7. The molecule has 72 valence electrons. The average Bonchev–Trinajstić information content (AvgIpc) is 2.44. The number of allylic oxidation sites excluding steroid dienone is 1. The highest BCUT2D eigenvalue weighted by molar-refractivity contribution is 5.98. The Labute approximate surface area is 78.6 Å². The molecule has 2 heteroatoms. The first-order valence-corrected chi connectivity index (χ1v) is 5.11. The molecule has 2 aliphatic rings. The quantitative estimate of drug-likeness (QED) is 0.617. The molecule has 0 aromatic rings. The third kappa shape index (κ3) is 1.24. The van der Waals surface area contributed by atoms with Gasteiger partial charge in [0.25, 0.3) is 0 Å². The highest BCUT2D eigenvalue weighted by atomic mass is 16.3. The van der Waals surface area contributed by atoms with Crippen molar-refractivity contribution in [3.05, 3.63) is 11.6 Å². The lowest BCUT2D eigenvalue weighted by atomic mass is 9.82. The topological polar surface area (TPSA) is 37.3 Å². The van der Waals surface area contributed by atoms with Crippen LogP contribution in [0.1, 0.15) is 39.0 Å². The molecule has 0 aliphatic heterocycles. The van der Waals surface area contributed by atoms with Crippen molar-refractivity contribution in [1.82, 2.24) is 0 Å². The maximum Gasteiger partial charge on any atom is 0.161 e. The van der Waals surface area contributed by atoms with Crippen molar-refractivity contribution in [2.75, 3.05) is 0 Å². The van der Waals surface area contributed by atoms with E-state index in [1.807, 2.05) is 6.08 Å². The minimum absolute atomic E-state index is 0.171. The van der Waals surface area contributed by atoms with Crippen molar-refractivity contribution < 1.29 is 9.90 Å². The van der Waals surface area contributed by atoms with E-state index < -0.39 is 5.60 Å². The van der Waals surface area contributed by atoms with Gasteiger partial charge in [0.15, 0.2) is 5.78 Å². The summed E-state index contributed by atoms with van der Waals surface area (Å²) in [5, 5.41) is 10.3. The van der Waals surface area contributed by atoms with E-state index in [4.69, 9.17) is 0 Å². The van der Waals surface area contributed by atoms with Gasteiger partial charge in [0.2, 0.25) is 0 Å². The number of fused-ring (bicyclic) bond motifs is 1. The van der Waals surface area contributed by atoms with Gasteiger partial charge in [-0.05, 0) is 31.6 Å². The Morgan fingerprint density at radius 1 is 1.62 bits per heavy atom. The van der Waals surface area contributed by atoms with Crippen molar-refractivity contribution in [1.29, 1.82) is 0 Å². The number of Topliss-reactive ketones (excluding diaryl/α,β-unsaturated/α-hetero) is 1. The third-order valence-electron chi connectivity index (χ3n) is 3.50. The van der Waals surface area contributed by atoms with Gasteiger partial charge < -0.3 is 5.11 Å². The van der Waals surface area contributed by atoms with E-state index in [-0.39, 0.29) is 11.7 Å². The van der Waals surface area contributed by atoms with Crippen LogP contribution in [0.5, 0.6) is 0 Å². The van der Waals surface area contributed by atoms with Crippen LogP contribution < -0.4 is 0 Å². The molecule has 0 saturated heterocycles. The highest BCUT2D eigenvalue weighted by Gasteiger charge is 2.44. The van der Waals surface area contributed by atoms with Crippen LogP contribution in [0.2, 0.25) is 0 Å². The van der Waals surface area contributed by atoms with Crippen LogP contribution in [-0.4, -0.2) is 16.5 Å². The Morgan fingerprint density at radius 2 is 2.38 bits per heavy atom. The summed E-state index contributed by atoms with van der Waals surface area (Å²) in [7, 11) is 0. The number of hydrogen-bond donors (Lipinski definition) is 1. The molecule has 0 amide bonds. The molecular formula is C11H16O2. The molecule has 0 heterocycles. The van der Waals surface area contributed by atoms with Gasteiger partial charge in [-0.2, -0.15) is 0 Å². The minimum Gasteiger partial charge on any atom is -0.385 e. The first-order chi connectivity index (χ1) is 6.14. The first-order valence-electron chi connectivity index (χ1n) is 5.11. The van der Waals surface area contributed by atoms with Crippen LogP contribution in [-0.2, 0) is 4.79 Å². The molecule has 2 aliphatic carbocycles. The van der Waals surface area contributed by atoms with Gasteiger partial charge in [0, 0.05) is 12.0 Å². The van der Waals surface area contributed by atoms with Gasteiger partial charge in [-0.15, -0.1) is 0 Å². The predicted molar refractivity (Wildman–Crippen MR) is 50.3 cm³/mol. The lowest BCUT2D eigenvalue weighted by molar-refractivity contribution is -0.117. The van der Waals surface area contributed by atoms with Gasteiger partial charge in [0.1, 0.15) is 0 Å². The predicted octanol–water partition coefficient (Wildman–Crippen LogP) is 1.83. The lowest BCUT2D eigenvalue weighted by Gasteiger charge is -2.30. The molecule has 0 aromatic heterocycles. The molecule has 1 saturated carbocycles. The van der Waals surface area contributed by atoms with Crippen LogP contribution in [0.4, 0.5) is 0 Å². The minimum atomic E-state index is -0.784. The lowest BCUT2D eigenvalue weighted by Crippen LogP contribution is -2.37. The molecule has 2 rings (SSSR count). The number of aliphatic hydroxyl groups is 1. The smallest absolute Gasteiger partial charge is 0.161 e. The number of carbonyl (C=O) groups excluding carboxylic acids is 1. The monoisotopic (exact) mass is 180 g/mol. The fraction of sp³-hybridized carbons (Fsp3) is 0.727. The Morgan fingerprint density at radius 3 is 3.15 bits per heavy atom. The van der Waals surface area contributed by atoms with E-state index in [9.17, 15) is 9.90 Å². The molecule has 0 aromatic carbocycles. The zero-order valence-corrected chi connectivity index (χ0v) is 8.05. The Balaban J connectivity index is 2.37. The zero-order valence-electron chi connectivity index (χ0n) is 8.05. The van der Waals surface area contributed by atoms with Gasteiger partial charge in [-0.3, -0.25) is 4.79 Å². The molecule has 2 atom stereocenters. The maximum absolute atomic E-state index is 11.6. The van der Waals surface area contributed by atoms with E-state index in [0.29, 0.717) is 12.0 Å². The molecule has 0 radical (unpaired) electrons. The molecular weight excluding hydrogens is 164 g/mol. The number of hydrogen-bond acceptors (Lipinski definition) is 2. The van der Waals surface area contributed by atoms with Crippen molar-refractivity contribution in [2.45, 2.75) is 44.6 Å². The SMILES string of the molecule is C[C@H]1CCCC(=O)C2=CCC[C@@]21O. The van der Waals surface area contributed by atoms with Crippen LogP contribution in [0.25, 0.3) is 0 Å². The fourth-order valence-electron chi connectivity index (χ4n) is 2.56. The zero-order chi connectivity index (χ0) is 9.47. The highest BCUT2D eigenvalue weighted by Crippen LogP contribution is 2.42. The van der Waals surface area contributed by atoms with E-state index in [2.05, 4.69) is 6.92 Å². The van der Waals surface area contributed by atoms with Crippen molar-refractivity contribution in [2.24, 2.45) is 5.92 Å². The van der Waals surface area contributed by atoms with E-state index >= 15 is 0 Å². The molecule has 13 heavy (non-hydrogen) atoms. The van der Waals surface area contributed by atoms with E-state index in [1.165, 1.54) is 0 Å². The summed E-state index contributed by atoms with van der Waals surface area (Å²) in [5.41, 5.74) is -0.0781. The molecule has 0 spiro atoms. The number of carbonyl (C=O) groups is 1. The maximum atomic E-state index is 11.6. The van der Waals surface area contributed by atoms with Gasteiger partial charge in [-0.25, -0.2) is 0 Å². The fourth-order valence-corrected chi connectivity index (χ4v) is 2.56. The van der Waals surface area contributed by atoms with Crippen LogP contribution >= 0.6 is 0 Å². The van der Waals surface area contributed by atoms with Crippen LogP contribution in [0.3, 0.4) is 0 Å². The van der Waals surface area contributed by atoms with Gasteiger partial charge in [0.05, 0.1) is 5.60 Å².